The predicted octanol–water partition coefficient (Wildman–Crippen LogP) is 1.62. The van der Waals surface area contributed by atoms with E-state index in [-0.39, 0.29) is 0 Å². The van der Waals surface area contributed by atoms with Gasteiger partial charge in [0.2, 0.25) is 5.89 Å². The van der Waals surface area contributed by atoms with E-state index in [1.807, 2.05) is 24.3 Å². The summed E-state index contributed by atoms with van der Waals surface area (Å²) >= 11 is 0. The first kappa shape index (κ1) is 8.45. The fourth-order valence-electron chi connectivity index (χ4n) is 1.62. The summed E-state index contributed by atoms with van der Waals surface area (Å²) in [4.78, 5) is 4.31. The minimum atomic E-state index is -0.668. The number of aromatic nitrogens is 1. The van der Waals surface area contributed by atoms with Crippen LogP contribution in [-0.4, -0.2) is 18.2 Å². The van der Waals surface area contributed by atoms with Gasteiger partial charge in [0.05, 0.1) is 19.3 Å². The number of ether oxygens (including phenoxy) is 1. The molecule has 1 saturated heterocycles. The highest BCUT2D eigenvalue weighted by Crippen LogP contribution is 2.32. The molecule has 0 spiro atoms. The summed E-state index contributed by atoms with van der Waals surface area (Å²) in [6, 6.07) is 9.70. The lowest BCUT2D eigenvalue weighted by Gasteiger charge is -2.31. The molecule has 2 heterocycles. The molecule has 2 aromatic rings. The van der Waals surface area contributed by atoms with E-state index in [9.17, 15) is 0 Å². The van der Waals surface area contributed by atoms with Crippen molar-refractivity contribution in [2.24, 2.45) is 0 Å². The summed E-state index contributed by atoms with van der Waals surface area (Å²) in [6.07, 6.45) is 0. The van der Waals surface area contributed by atoms with Gasteiger partial charge >= 0.3 is 0 Å². The van der Waals surface area contributed by atoms with Crippen LogP contribution in [0.2, 0.25) is 0 Å². The molecule has 0 unspecified atom stereocenters. The smallest absolute Gasteiger partial charge is 0.220 e. The van der Waals surface area contributed by atoms with Crippen LogP contribution in [0.3, 0.4) is 0 Å². The lowest BCUT2D eigenvalue weighted by molar-refractivity contribution is -0.0411. The van der Waals surface area contributed by atoms with E-state index in [1.165, 1.54) is 0 Å². The van der Waals surface area contributed by atoms with Crippen molar-refractivity contribution in [1.29, 1.82) is 5.26 Å². The average molecular weight is 200 g/mol. The Hall–Kier alpha value is -1.86. The van der Waals surface area contributed by atoms with Gasteiger partial charge in [-0.3, -0.25) is 0 Å². The normalized spacial score (nSPS) is 18.3. The Kier molecular flexibility index (Phi) is 1.58. The van der Waals surface area contributed by atoms with Crippen LogP contribution in [0.25, 0.3) is 11.1 Å². The summed E-state index contributed by atoms with van der Waals surface area (Å²) in [6.45, 7) is 0.743. The molecule has 4 heteroatoms. The first-order valence-corrected chi connectivity index (χ1v) is 4.69. The molecule has 0 amide bonds. The Morgan fingerprint density at radius 1 is 1.33 bits per heavy atom. The molecule has 1 fully saturated rings. The summed E-state index contributed by atoms with van der Waals surface area (Å²) in [5.41, 5.74) is 0.835. The number of rotatable bonds is 1. The summed E-state index contributed by atoms with van der Waals surface area (Å²) in [5, 5.41) is 9.09. The van der Waals surface area contributed by atoms with Crippen molar-refractivity contribution in [3.63, 3.8) is 0 Å². The molecule has 0 aliphatic carbocycles. The SMILES string of the molecule is N#CC1(c2nc3ccccc3o2)COC1. The second-order valence-electron chi connectivity index (χ2n) is 3.67. The van der Waals surface area contributed by atoms with Crippen LogP contribution >= 0.6 is 0 Å². The quantitative estimate of drug-likeness (QED) is 0.701. The summed E-state index contributed by atoms with van der Waals surface area (Å²) < 4.78 is 10.6. The number of para-hydroxylation sites is 2. The van der Waals surface area contributed by atoms with E-state index in [0.29, 0.717) is 24.7 Å². The lowest BCUT2D eigenvalue weighted by atomic mass is 9.88. The predicted molar refractivity (Wildman–Crippen MR) is 52.1 cm³/mol. The van der Waals surface area contributed by atoms with Gasteiger partial charge in [-0.1, -0.05) is 12.1 Å². The molecule has 1 aliphatic rings. The fourth-order valence-corrected chi connectivity index (χ4v) is 1.62. The molecule has 74 valence electrons. The van der Waals surface area contributed by atoms with Crippen molar-refractivity contribution in [2.75, 3.05) is 13.2 Å². The molecule has 0 saturated carbocycles. The number of oxazole rings is 1. The van der Waals surface area contributed by atoms with Crippen LogP contribution in [-0.2, 0) is 10.2 Å². The minimum Gasteiger partial charge on any atom is -0.439 e. The van der Waals surface area contributed by atoms with Gasteiger partial charge in [0.25, 0.3) is 0 Å². The highest BCUT2D eigenvalue weighted by atomic mass is 16.5. The molecule has 15 heavy (non-hydrogen) atoms. The number of hydrogen-bond donors (Lipinski definition) is 0. The fraction of sp³-hybridized carbons (Fsp3) is 0.273. The third-order valence-electron chi connectivity index (χ3n) is 2.61. The van der Waals surface area contributed by atoms with Gasteiger partial charge < -0.3 is 9.15 Å². The van der Waals surface area contributed by atoms with Crippen LogP contribution < -0.4 is 0 Å². The summed E-state index contributed by atoms with van der Waals surface area (Å²) in [7, 11) is 0. The maximum atomic E-state index is 9.09. The highest BCUT2D eigenvalue weighted by Gasteiger charge is 2.45. The maximum absolute atomic E-state index is 9.09. The van der Waals surface area contributed by atoms with E-state index >= 15 is 0 Å². The van der Waals surface area contributed by atoms with Crippen LogP contribution in [0.1, 0.15) is 5.89 Å². The first-order chi connectivity index (χ1) is 7.34. The van der Waals surface area contributed by atoms with Gasteiger partial charge in [0.15, 0.2) is 11.0 Å². The van der Waals surface area contributed by atoms with Gasteiger partial charge in [0, 0.05) is 0 Å². The van der Waals surface area contributed by atoms with Crippen molar-refractivity contribution >= 4 is 11.1 Å². The van der Waals surface area contributed by atoms with E-state index < -0.39 is 5.41 Å². The Morgan fingerprint density at radius 2 is 2.13 bits per heavy atom. The standard InChI is InChI=1S/C11H8N2O2/c12-5-11(6-14-7-11)10-13-8-3-1-2-4-9(8)15-10/h1-4H,6-7H2. The number of fused-ring (bicyclic) bond motifs is 1. The Balaban J connectivity index is 2.16. The molecule has 4 nitrogen and oxygen atoms in total. The number of nitrogens with zero attached hydrogens (tertiary/aromatic N) is 2. The molecule has 1 aromatic heterocycles. The zero-order valence-electron chi connectivity index (χ0n) is 7.93. The minimum absolute atomic E-state index is 0.371. The van der Waals surface area contributed by atoms with Gasteiger partial charge in [-0.15, -0.1) is 0 Å². The van der Waals surface area contributed by atoms with Crippen molar-refractivity contribution < 1.29 is 9.15 Å². The number of hydrogen-bond acceptors (Lipinski definition) is 4. The Labute approximate surface area is 86.1 Å². The lowest BCUT2D eigenvalue weighted by Crippen LogP contribution is -2.45. The first-order valence-electron chi connectivity index (χ1n) is 4.69. The average Bonchev–Trinajstić information content (AvgIpc) is 2.60. The van der Waals surface area contributed by atoms with Crippen LogP contribution in [0.4, 0.5) is 0 Å². The third-order valence-corrected chi connectivity index (χ3v) is 2.61. The van der Waals surface area contributed by atoms with Crippen LogP contribution in [0, 0.1) is 11.3 Å². The van der Waals surface area contributed by atoms with E-state index in [1.54, 1.807) is 0 Å². The van der Waals surface area contributed by atoms with Crippen LogP contribution in [0.5, 0.6) is 0 Å². The van der Waals surface area contributed by atoms with E-state index in [0.717, 1.165) is 5.52 Å². The van der Waals surface area contributed by atoms with Crippen molar-refractivity contribution in [1.82, 2.24) is 4.98 Å². The van der Waals surface area contributed by atoms with E-state index in [4.69, 9.17) is 14.4 Å². The van der Waals surface area contributed by atoms with E-state index in [2.05, 4.69) is 11.1 Å². The monoisotopic (exact) mass is 200 g/mol. The zero-order valence-corrected chi connectivity index (χ0v) is 7.93. The largest absolute Gasteiger partial charge is 0.439 e. The van der Waals surface area contributed by atoms with Crippen molar-refractivity contribution in [3.8, 4) is 6.07 Å². The molecule has 1 aromatic carbocycles. The molecule has 0 N–H and O–H groups in total. The van der Waals surface area contributed by atoms with Crippen molar-refractivity contribution in [2.45, 2.75) is 5.41 Å². The van der Waals surface area contributed by atoms with Gasteiger partial charge in [-0.05, 0) is 12.1 Å². The van der Waals surface area contributed by atoms with Crippen molar-refractivity contribution in [3.05, 3.63) is 30.2 Å². The molecule has 0 bridgehead atoms. The second-order valence-corrected chi connectivity index (χ2v) is 3.67. The maximum Gasteiger partial charge on any atom is 0.220 e. The molecule has 0 atom stereocenters. The Morgan fingerprint density at radius 3 is 2.73 bits per heavy atom. The third kappa shape index (κ3) is 1.07. The van der Waals surface area contributed by atoms with Gasteiger partial charge in [-0.25, -0.2) is 4.98 Å². The molecular weight excluding hydrogens is 192 g/mol. The van der Waals surface area contributed by atoms with Crippen LogP contribution in [0.15, 0.2) is 28.7 Å². The highest BCUT2D eigenvalue weighted by molar-refractivity contribution is 5.72. The number of nitriles is 1. The van der Waals surface area contributed by atoms with Gasteiger partial charge in [0.1, 0.15) is 5.52 Å². The molecule has 0 radical (unpaired) electrons. The zero-order chi connectivity index (χ0) is 10.3. The molecule has 3 rings (SSSR count). The van der Waals surface area contributed by atoms with Gasteiger partial charge in [-0.2, -0.15) is 5.26 Å². The second kappa shape index (κ2) is 2.81. The number of benzene rings is 1. The Bertz CT molecular complexity index is 516. The molecular formula is C11H8N2O2. The topological polar surface area (TPSA) is 59.0 Å². The molecule has 1 aliphatic heterocycles. The summed E-state index contributed by atoms with van der Waals surface area (Å²) in [5.74, 6) is 0.470.